The number of hydrogen-bond acceptors (Lipinski definition) is 25. The average Bonchev–Trinajstić information content (AvgIpc) is 1.58. The minimum atomic E-state index is -0.188. The van der Waals surface area contributed by atoms with Crippen LogP contribution in [0, 0.1) is 30.6 Å². The second-order valence-electron chi connectivity index (χ2n) is 29.9. The average molecular weight is 1480 g/mol. The number of nitrogens with zero attached hydrogens (tertiary/aromatic N) is 12. The van der Waals surface area contributed by atoms with Gasteiger partial charge >= 0.3 is 0 Å². The van der Waals surface area contributed by atoms with Gasteiger partial charge in [0.05, 0.1) is 22.3 Å². The van der Waals surface area contributed by atoms with Gasteiger partial charge in [-0.1, -0.05) is 94.2 Å². The van der Waals surface area contributed by atoms with Gasteiger partial charge < -0.3 is 63.8 Å². The van der Waals surface area contributed by atoms with Crippen molar-refractivity contribution in [2.75, 3.05) is 108 Å². The molecule has 8 aromatic rings. The number of ketones is 4. The lowest BCUT2D eigenvalue weighted by molar-refractivity contribution is 0.102. The van der Waals surface area contributed by atoms with Crippen LogP contribution in [-0.4, -0.2) is 165 Å². The van der Waals surface area contributed by atoms with E-state index in [2.05, 4.69) is 150 Å². The van der Waals surface area contributed by atoms with Gasteiger partial charge in [-0.15, -0.1) is 11.3 Å². The Hall–Kier alpha value is -9.40. The zero-order chi connectivity index (χ0) is 76.0. The molecule has 0 amide bonds. The third-order valence-electron chi connectivity index (χ3n) is 19.0. The number of nitrogens with one attached hydrogen (secondary N) is 4. The predicted molar refractivity (Wildman–Crippen MR) is 444 cm³/mol. The number of nitrogen functional groups attached to an aromatic ring is 4. The van der Waals surface area contributed by atoms with Gasteiger partial charge in [-0.2, -0.15) is 0 Å². The van der Waals surface area contributed by atoms with Crippen LogP contribution in [0.25, 0.3) is 0 Å². The SMILES string of the molecule is CC(C)C[C@H]1CN(c2csc(C(=O)c3cccnc3N)n2)CCN1.CCC[C@@H]1CN(c2cccc(C(=O)c3cccnc3N)n2)C[C@H](CC(C)C)N1.CCC[C@H]1CN(c2cccc(C(=O)c3cccnc3N)n2)C[C@H](CC(C)C)N1.Cc1cc(C(=O)c2cccnc2N)nc(N2CCN[C@@H](CC(C)C)C2)c1.[HH].[HH].[HH].[HH].[HH].[HH].[HH]. The van der Waals surface area contributed by atoms with Crippen LogP contribution in [0.5, 0.6) is 0 Å². The van der Waals surface area contributed by atoms with Crippen molar-refractivity contribution in [3.63, 3.8) is 0 Å². The number of rotatable bonds is 24. The Morgan fingerprint density at radius 2 is 0.792 bits per heavy atom. The van der Waals surface area contributed by atoms with E-state index in [4.69, 9.17) is 22.9 Å². The van der Waals surface area contributed by atoms with Gasteiger partial charge in [0.15, 0.2) is 5.01 Å². The number of carbonyl (C=O) groups excluding carboxylic acids is 4. The Morgan fingerprint density at radius 3 is 1.19 bits per heavy atom. The van der Waals surface area contributed by atoms with E-state index in [-0.39, 0.29) is 56.4 Å². The van der Waals surface area contributed by atoms with Crippen molar-refractivity contribution in [1.29, 1.82) is 0 Å². The van der Waals surface area contributed by atoms with E-state index in [9.17, 15) is 19.2 Å². The minimum Gasteiger partial charge on any atom is -0.383 e. The Morgan fingerprint density at radius 1 is 0.434 bits per heavy atom. The number of thiazole rings is 1. The predicted octanol–water partition coefficient (Wildman–Crippen LogP) is 12.9. The van der Waals surface area contributed by atoms with Gasteiger partial charge in [0.1, 0.15) is 63.6 Å². The van der Waals surface area contributed by atoms with Crippen LogP contribution in [-0.2, 0) is 0 Å². The summed E-state index contributed by atoms with van der Waals surface area (Å²) < 4.78 is 0. The number of carbonyl (C=O) groups is 4. The number of piperazine rings is 4. The summed E-state index contributed by atoms with van der Waals surface area (Å²) in [5, 5.41) is 17.1. The number of nitrogens with two attached hydrogens (primary N) is 4. The molecule has 24 nitrogen and oxygen atoms in total. The topological polar surface area (TPSA) is 337 Å². The zero-order valence-corrected chi connectivity index (χ0v) is 64.7. The smallest absolute Gasteiger partial charge is 0.225 e. The van der Waals surface area contributed by atoms with E-state index in [0.29, 0.717) is 104 Å². The second-order valence-corrected chi connectivity index (χ2v) is 30.8. The van der Waals surface area contributed by atoms with E-state index < -0.39 is 0 Å². The van der Waals surface area contributed by atoms with E-state index in [1.165, 1.54) is 11.3 Å². The summed E-state index contributed by atoms with van der Waals surface area (Å²) in [5.41, 5.74) is 27.3. The molecule has 8 aromatic heterocycles. The molecule has 25 heteroatoms. The zero-order valence-electron chi connectivity index (χ0n) is 63.8. The largest absolute Gasteiger partial charge is 0.383 e. The molecule has 0 radical (unpaired) electrons. The van der Waals surface area contributed by atoms with E-state index in [1.54, 1.807) is 85.5 Å². The molecule has 0 saturated carbocycles. The first-order valence-corrected chi connectivity index (χ1v) is 38.7. The molecule has 0 bridgehead atoms. The summed E-state index contributed by atoms with van der Waals surface area (Å²) in [6.45, 7) is 33.5. The molecule has 4 aliphatic rings. The summed E-state index contributed by atoms with van der Waals surface area (Å²) in [7, 11) is 0. The van der Waals surface area contributed by atoms with Crippen molar-refractivity contribution in [1.82, 2.24) is 61.1 Å². The first-order chi connectivity index (χ1) is 50.9. The lowest BCUT2D eigenvalue weighted by Crippen LogP contribution is -2.57. The summed E-state index contributed by atoms with van der Waals surface area (Å²) >= 11 is 1.36. The fraction of sp³-hybridized carbons (Fsp3) is 0.481. The summed E-state index contributed by atoms with van der Waals surface area (Å²) in [4.78, 5) is 94.9. The molecule has 0 unspecified atom stereocenters. The second kappa shape index (κ2) is 39.3. The molecule has 106 heavy (non-hydrogen) atoms. The summed E-state index contributed by atoms with van der Waals surface area (Å²) in [5.74, 6) is 6.23. The third kappa shape index (κ3) is 23.1. The molecule has 4 fully saturated rings. The summed E-state index contributed by atoms with van der Waals surface area (Å²) in [6.07, 6.45) is 15.4. The monoisotopic (exact) mass is 1470 g/mol. The van der Waals surface area contributed by atoms with Gasteiger partial charge in [0.25, 0.3) is 0 Å². The van der Waals surface area contributed by atoms with Crippen LogP contribution in [0.2, 0.25) is 0 Å². The molecule has 580 valence electrons. The molecule has 0 spiro atoms. The third-order valence-corrected chi connectivity index (χ3v) is 19.8. The molecular weight excluding hydrogens is 1350 g/mol. The van der Waals surface area contributed by atoms with Crippen molar-refractivity contribution < 1.29 is 29.2 Å². The van der Waals surface area contributed by atoms with E-state index >= 15 is 0 Å². The highest BCUT2D eigenvalue weighted by Crippen LogP contribution is 2.28. The quantitative estimate of drug-likeness (QED) is 0.0261. The fourth-order valence-corrected chi connectivity index (χ4v) is 15.1. The lowest BCUT2D eigenvalue weighted by Gasteiger charge is -2.40. The maximum Gasteiger partial charge on any atom is 0.225 e. The molecule has 6 atom stereocenters. The maximum atomic E-state index is 12.9. The van der Waals surface area contributed by atoms with Gasteiger partial charge in [-0.3, -0.25) is 19.2 Å². The van der Waals surface area contributed by atoms with Gasteiger partial charge in [0.2, 0.25) is 23.1 Å². The number of aryl methyl sites for hydroxylation is 1. The molecule has 12 N–H and O–H groups in total. The van der Waals surface area contributed by atoms with Crippen LogP contribution >= 0.6 is 11.3 Å². The number of anilines is 8. The first-order valence-electron chi connectivity index (χ1n) is 37.8. The minimum absolute atomic E-state index is 0. The maximum absolute atomic E-state index is 12.9. The molecule has 4 aliphatic heterocycles. The van der Waals surface area contributed by atoms with Crippen molar-refractivity contribution in [3.05, 3.63) is 177 Å². The van der Waals surface area contributed by atoms with E-state index in [1.807, 2.05) is 48.7 Å². The lowest BCUT2D eigenvalue weighted by atomic mass is 9.98. The molecule has 0 aliphatic carbocycles. The van der Waals surface area contributed by atoms with Gasteiger partial charge in [-0.05, 0) is 160 Å². The molecular formula is C81H126N20O4S. The highest BCUT2D eigenvalue weighted by molar-refractivity contribution is 7.12. The highest BCUT2D eigenvalue weighted by atomic mass is 32.1. The Kier molecular flexibility index (Phi) is 29.9. The van der Waals surface area contributed by atoms with Crippen molar-refractivity contribution in [2.45, 2.75) is 164 Å². The Balaban J connectivity index is 0.000000502. The normalized spacial score (nSPS) is 18.9. The molecule has 12 rings (SSSR count). The van der Waals surface area contributed by atoms with Crippen molar-refractivity contribution in [2.24, 2.45) is 23.7 Å². The standard InChI is InChI=1S/2C22H31N5O.C20H27N5O.C17H23N5OS.7H2/c2*1-4-7-16-13-27(14-17(25-16)12-15(2)3)20-10-5-9-19(26-20)21(28)18-8-6-11-24-22(18)23;1-13(2)9-15-12-25(8-7-22-15)18-11-14(3)10-17(24-18)19(26)16-5-4-6-23-20(16)21;1-11(2)8-12-9-22(7-6-19-12)14-10-24-17(21-14)15(23)13-4-3-5-20-16(13)18;;;;;;;/h2*5-6,8-11,15-17,25H,4,7,12-14H2,1-3H3,(H2,23,24);4-6,10-11,13,15,22H,7-9,12H2,1-3H3,(H2,21,23);3-5,10-12,19H,6-9H2,1-2H3,(H2,18,20);7*1H/t16-,17+;16-,17-;15-;12-;;;;;;;/m1000......./s1. The fourth-order valence-electron chi connectivity index (χ4n) is 14.3. The van der Waals surface area contributed by atoms with Crippen LogP contribution in [0.1, 0.15) is 200 Å². The summed E-state index contributed by atoms with van der Waals surface area (Å²) in [6, 6.07) is 31.4. The molecule has 0 aromatic carbocycles. The van der Waals surface area contributed by atoms with Crippen molar-refractivity contribution >= 4 is 81.0 Å². The van der Waals surface area contributed by atoms with E-state index in [0.717, 1.165) is 146 Å². The van der Waals surface area contributed by atoms with Crippen molar-refractivity contribution in [3.8, 4) is 0 Å². The number of hydrogen-bond donors (Lipinski definition) is 8. The molecule has 4 saturated heterocycles. The first kappa shape index (κ1) is 80.7. The van der Waals surface area contributed by atoms with Crippen LogP contribution in [0.4, 0.5) is 46.5 Å². The van der Waals surface area contributed by atoms with Gasteiger partial charge in [-0.25, -0.2) is 39.9 Å². The van der Waals surface area contributed by atoms with Crippen LogP contribution in [0.3, 0.4) is 0 Å². The highest BCUT2D eigenvalue weighted by Gasteiger charge is 2.32. The van der Waals surface area contributed by atoms with Crippen LogP contribution < -0.4 is 63.8 Å². The Labute approximate surface area is 641 Å². The number of aromatic nitrogens is 8. The van der Waals surface area contributed by atoms with Crippen LogP contribution in [0.15, 0.2) is 127 Å². The Bertz CT molecular complexity index is 4070. The van der Waals surface area contributed by atoms with Gasteiger partial charge in [0, 0.05) is 142 Å². The number of pyridine rings is 7. The molecule has 12 heterocycles.